The Balaban J connectivity index is 1.41. The number of hydrazone groups is 1. The topological polar surface area (TPSA) is 47.9 Å². The summed E-state index contributed by atoms with van der Waals surface area (Å²) in [6, 6.07) is 15.7. The minimum absolute atomic E-state index is 0.147. The maximum absolute atomic E-state index is 12.1. The number of carbonyl (C=O) groups is 1. The molecule has 0 bridgehead atoms. The van der Waals surface area contributed by atoms with Crippen LogP contribution < -0.4 is 5.43 Å². The Hall–Kier alpha value is -1.92. The molecule has 7 heteroatoms. The summed E-state index contributed by atoms with van der Waals surface area (Å²) in [7, 11) is 0. The van der Waals surface area contributed by atoms with Crippen LogP contribution in [0.4, 0.5) is 0 Å². The van der Waals surface area contributed by atoms with E-state index in [4.69, 9.17) is 23.2 Å². The number of rotatable bonds is 6. The third-order valence-corrected chi connectivity index (χ3v) is 5.12. The monoisotopic (exact) mass is 404 g/mol. The number of piperazine rings is 1. The fourth-order valence-corrected chi connectivity index (χ4v) is 3.48. The van der Waals surface area contributed by atoms with Crippen LogP contribution in [0.1, 0.15) is 11.1 Å². The Morgan fingerprint density at radius 3 is 2.26 bits per heavy atom. The third-order valence-electron chi connectivity index (χ3n) is 4.46. The van der Waals surface area contributed by atoms with Crippen LogP contribution in [0, 0.1) is 0 Å². The van der Waals surface area contributed by atoms with Gasteiger partial charge in [-0.2, -0.15) is 5.10 Å². The van der Waals surface area contributed by atoms with E-state index in [1.54, 1.807) is 18.2 Å². The van der Waals surface area contributed by atoms with Gasteiger partial charge in [0.2, 0.25) is 0 Å². The number of hydrogen-bond donors (Lipinski definition) is 1. The van der Waals surface area contributed by atoms with E-state index in [2.05, 4.69) is 44.6 Å². The summed E-state index contributed by atoms with van der Waals surface area (Å²) in [4.78, 5) is 16.6. The Labute approximate surface area is 169 Å². The first-order valence-electron chi connectivity index (χ1n) is 8.86. The summed E-state index contributed by atoms with van der Waals surface area (Å²) in [5.74, 6) is -0.147. The lowest BCUT2D eigenvalue weighted by molar-refractivity contribution is -0.122. The molecule has 0 radical (unpaired) electrons. The molecule has 5 nitrogen and oxygen atoms in total. The molecule has 0 spiro atoms. The zero-order valence-electron chi connectivity index (χ0n) is 14.9. The van der Waals surface area contributed by atoms with Crippen molar-refractivity contribution in [3.8, 4) is 0 Å². The van der Waals surface area contributed by atoms with Crippen LogP contribution >= 0.6 is 23.2 Å². The SMILES string of the molecule is O=C(CN1CCN(Cc2ccccc2)CC1)N/N=C/c1c(Cl)cccc1Cl. The maximum Gasteiger partial charge on any atom is 0.254 e. The normalized spacial score (nSPS) is 15.9. The second-order valence-electron chi connectivity index (χ2n) is 6.47. The molecule has 0 atom stereocenters. The van der Waals surface area contributed by atoms with Gasteiger partial charge < -0.3 is 0 Å². The Morgan fingerprint density at radius 2 is 1.59 bits per heavy atom. The standard InChI is InChI=1S/C20H22Cl2N4O/c21-18-7-4-8-19(22)17(18)13-23-24-20(27)15-26-11-9-25(10-12-26)14-16-5-2-1-3-6-16/h1-8,13H,9-12,14-15H2,(H,24,27)/b23-13+. The Kier molecular flexibility index (Phi) is 7.24. The highest BCUT2D eigenvalue weighted by molar-refractivity contribution is 6.38. The van der Waals surface area contributed by atoms with E-state index in [1.807, 2.05) is 6.07 Å². The van der Waals surface area contributed by atoms with Crippen molar-refractivity contribution in [3.05, 3.63) is 69.7 Å². The number of nitrogens with one attached hydrogen (secondary N) is 1. The number of halogens is 2. The quantitative estimate of drug-likeness (QED) is 0.593. The molecule has 1 saturated heterocycles. The van der Waals surface area contributed by atoms with Gasteiger partial charge in [0.15, 0.2) is 0 Å². The second-order valence-corrected chi connectivity index (χ2v) is 7.28. The Bertz CT molecular complexity index is 770. The van der Waals surface area contributed by atoms with E-state index >= 15 is 0 Å². The first kappa shape index (κ1) is 19.8. The van der Waals surface area contributed by atoms with Crippen LogP contribution in [0.15, 0.2) is 53.6 Å². The van der Waals surface area contributed by atoms with Crippen LogP contribution in [0.2, 0.25) is 10.0 Å². The fourth-order valence-electron chi connectivity index (χ4n) is 2.99. The number of nitrogens with zero attached hydrogens (tertiary/aromatic N) is 3. The minimum atomic E-state index is -0.147. The van der Waals surface area contributed by atoms with E-state index in [1.165, 1.54) is 11.8 Å². The molecule has 2 aromatic carbocycles. The summed E-state index contributed by atoms with van der Waals surface area (Å²) in [6.07, 6.45) is 1.47. The van der Waals surface area contributed by atoms with Crippen LogP contribution in [0.5, 0.6) is 0 Å². The van der Waals surface area contributed by atoms with E-state index in [0.29, 0.717) is 22.2 Å². The average Bonchev–Trinajstić information content (AvgIpc) is 2.67. The maximum atomic E-state index is 12.1. The predicted molar refractivity (Wildman–Crippen MR) is 110 cm³/mol. The van der Waals surface area contributed by atoms with Gasteiger partial charge in [0.25, 0.3) is 5.91 Å². The van der Waals surface area contributed by atoms with E-state index in [9.17, 15) is 4.79 Å². The van der Waals surface area contributed by atoms with Gasteiger partial charge in [-0.25, -0.2) is 5.43 Å². The molecule has 0 aromatic heterocycles. The van der Waals surface area contributed by atoms with Crippen molar-refractivity contribution in [2.45, 2.75) is 6.54 Å². The van der Waals surface area contributed by atoms with Gasteiger partial charge in [0.05, 0.1) is 22.8 Å². The lowest BCUT2D eigenvalue weighted by atomic mass is 10.2. The zero-order chi connectivity index (χ0) is 19.1. The van der Waals surface area contributed by atoms with Crippen molar-refractivity contribution in [3.63, 3.8) is 0 Å². The summed E-state index contributed by atoms with van der Waals surface area (Å²) in [6.45, 7) is 4.89. The number of carbonyl (C=O) groups excluding carboxylic acids is 1. The molecule has 0 aliphatic carbocycles. The smallest absolute Gasteiger partial charge is 0.254 e. The van der Waals surface area contributed by atoms with Crippen LogP contribution in [0.3, 0.4) is 0 Å². The number of benzene rings is 2. The van der Waals surface area contributed by atoms with Crippen molar-refractivity contribution in [2.75, 3.05) is 32.7 Å². The summed E-state index contributed by atoms with van der Waals surface area (Å²) < 4.78 is 0. The second kappa shape index (κ2) is 9.85. The van der Waals surface area contributed by atoms with Gasteiger partial charge in [-0.05, 0) is 17.7 Å². The predicted octanol–water partition coefficient (Wildman–Crippen LogP) is 3.26. The fraction of sp³-hybridized carbons (Fsp3) is 0.300. The highest BCUT2D eigenvalue weighted by atomic mass is 35.5. The van der Waals surface area contributed by atoms with Crippen LogP contribution in [-0.4, -0.2) is 54.6 Å². The molecule has 1 N–H and O–H groups in total. The number of amides is 1. The van der Waals surface area contributed by atoms with Gasteiger partial charge >= 0.3 is 0 Å². The highest BCUT2D eigenvalue weighted by Gasteiger charge is 2.18. The summed E-state index contributed by atoms with van der Waals surface area (Å²) in [5, 5.41) is 4.96. The molecule has 0 unspecified atom stereocenters. The Morgan fingerprint density at radius 1 is 0.963 bits per heavy atom. The zero-order valence-corrected chi connectivity index (χ0v) is 16.5. The van der Waals surface area contributed by atoms with Crippen molar-refractivity contribution < 1.29 is 4.79 Å². The largest absolute Gasteiger partial charge is 0.297 e. The van der Waals surface area contributed by atoms with Crippen molar-refractivity contribution in [1.82, 2.24) is 15.2 Å². The molecule has 27 heavy (non-hydrogen) atoms. The lowest BCUT2D eigenvalue weighted by Crippen LogP contribution is -2.48. The minimum Gasteiger partial charge on any atom is -0.297 e. The van der Waals surface area contributed by atoms with Gasteiger partial charge in [0, 0.05) is 38.3 Å². The van der Waals surface area contributed by atoms with Crippen molar-refractivity contribution in [1.29, 1.82) is 0 Å². The third kappa shape index (κ3) is 6.04. The molecule has 0 saturated carbocycles. The highest BCUT2D eigenvalue weighted by Crippen LogP contribution is 2.21. The lowest BCUT2D eigenvalue weighted by Gasteiger charge is -2.34. The summed E-state index contributed by atoms with van der Waals surface area (Å²) >= 11 is 12.1. The molecule has 2 aromatic rings. The van der Waals surface area contributed by atoms with Gasteiger partial charge in [-0.1, -0.05) is 59.6 Å². The summed E-state index contributed by atoms with van der Waals surface area (Å²) in [5.41, 5.74) is 4.45. The number of hydrogen-bond acceptors (Lipinski definition) is 4. The van der Waals surface area contributed by atoms with Crippen molar-refractivity contribution >= 4 is 35.3 Å². The van der Waals surface area contributed by atoms with Crippen LogP contribution in [0.25, 0.3) is 0 Å². The molecular weight excluding hydrogens is 383 g/mol. The molecule has 1 heterocycles. The molecule has 1 fully saturated rings. The average molecular weight is 405 g/mol. The molecular formula is C20H22Cl2N4O. The molecule has 3 rings (SSSR count). The van der Waals surface area contributed by atoms with Gasteiger partial charge in [-0.15, -0.1) is 0 Å². The van der Waals surface area contributed by atoms with E-state index < -0.39 is 0 Å². The molecule has 1 aliphatic rings. The van der Waals surface area contributed by atoms with E-state index in [-0.39, 0.29) is 5.91 Å². The van der Waals surface area contributed by atoms with E-state index in [0.717, 1.165) is 32.7 Å². The van der Waals surface area contributed by atoms with Crippen LogP contribution in [-0.2, 0) is 11.3 Å². The molecule has 1 aliphatic heterocycles. The van der Waals surface area contributed by atoms with Gasteiger partial charge in [0.1, 0.15) is 0 Å². The first-order chi connectivity index (χ1) is 13.1. The first-order valence-corrected chi connectivity index (χ1v) is 9.62. The van der Waals surface area contributed by atoms with Gasteiger partial charge in [-0.3, -0.25) is 14.6 Å². The van der Waals surface area contributed by atoms with Crippen molar-refractivity contribution in [2.24, 2.45) is 5.10 Å². The molecule has 1 amide bonds. The molecule has 142 valence electrons.